The predicted octanol–water partition coefficient (Wildman–Crippen LogP) is 0.834. The van der Waals surface area contributed by atoms with E-state index in [1.54, 1.807) is 0 Å². The van der Waals surface area contributed by atoms with Crippen LogP contribution in [0.5, 0.6) is 0 Å². The normalized spacial score (nSPS) is 16.0. The number of hydrogen-bond donors (Lipinski definition) is 2. The first-order chi connectivity index (χ1) is 10.1. The highest BCUT2D eigenvalue weighted by Gasteiger charge is 2.34. The highest BCUT2D eigenvalue weighted by molar-refractivity contribution is 7.89. The van der Waals surface area contributed by atoms with Gasteiger partial charge >= 0.3 is 0 Å². The maximum absolute atomic E-state index is 12.6. The summed E-state index contributed by atoms with van der Waals surface area (Å²) in [4.78, 5) is 8.15. The Morgan fingerprint density at radius 1 is 1.38 bits per heavy atom. The molecule has 1 heterocycles. The maximum Gasteiger partial charge on any atom is 0.246 e. The van der Waals surface area contributed by atoms with E-state index in [0.29, 0.717) is 5.95 Å². The molecule has 1 saturated carbocycles. The van der Waals surface area contributed by atoms with E-state index in [2.05, 4.69) is 15.3 Å². The van der Waals surface area contributed by atoms with Crippen molar-refractivity contribution in [3.8, 4) is 0 Å². The number of aliphatic hydroxyl groups is 1. The first-order valence-electron chi connectivity index (χ1n) is 7.28. The molecule has 0 spiro atoms. The van der Waals surface area contributed by atoms with Gasteiger partial charge in [-0.3, -0.25) is 0 Å². The fourth-order valence-corrected chi connectivity index (χ4v) is 3.75. The molecule has 7 nitrogen and oxygen atoms in total. The molecule has 0 radical (unpaired) electrons. The summed E-state index contributed by atoms with van der Waals surface area (Å²) < 4.78 is 26.6. The molecule has 1 fully saturated rings. The SMILES string of the molecule is CCCNc1ncc(S(=O)(=O)N(CCO)C2CCC2)cn1. The van der Waals surface area contributed by atoms with Crippen molar-refractivity contribution >= 4 is 16.0 Å². The molecule has 21 heavy (non-hydrogen) atoms. The Balaban J connectivity index is 2.16. The number of nitrogens with zero attached hydrogens (tertiary/aromatic N) is 3. The number of anilines is 1. The van der Waals surface area contributed by atoms with E-state index in [9.17, 15) is 8.42 Å². The molecule has 0 unspecified atom stereocenters. The van der Waals surface area contributed by atoms with Gasteiger partial charge in [-0.15, -0.1) is 0 Å². The lowest BCUT2D eigenvalue weighted by Gasteiger charge is -2.35. The third-order valence-corrected chi connectivity index (χ3v) is 5.47. The Morgan fingerprint density at radius 3 is 2.52 bits per heavy atom. The summed E-state index contributed by atoms with van der Waals surface area (Å²) in [6.07, 6.45) is 6.30. The number of rotatable bonds is 8. The summed E-state index contributed by atoms with van der Waals surface area (Å²) in [7, 11) is -3.64. The fraction of sp³-hybridized carbons (Fsp3) is 0.692. The molecule has 2 N–H and O–H groups in total. The molecular weight excluding hydrogens is 292 g/mol. The summed E-state index contributed by atoms with van der Waals surface area (Å²) in [6.45, 7) is 2.69. The Hall–Kier alpha value is -1.25. The highest BCUT2D eigenvalue weighted by Crippen LogP contribution is 2.29. The number of hydrogen-bond acceptors (Lipinski definition) is 6. The minimum absolute atomic E-state index is 0.0138. The van der Waals surface area contributed by atoms with E-state index in [1.807, 2.05) is 6.92 Å². The number of aromatic nitrogens is 2. The largest absolute Gasteiger partial charge is 0.395 e. The molecule has 1 aromatic heterocycles. The quantitative estimate of drug-likeness (QED) is 0.738. The van der Waals surface area contributed by atoms with Crippen LogP contribution in [0.2, 0.25) is 0 Å². The molecule has 0 atom stereocenters. The van der Waals surface area contributed by atoms with Gasteiger partial charge in [0, 0.05) is 19.1 Å². The van der Waals surface area contributed by atoms with Gasteiger partial charge in [0.25, 0.3) is 0 Å². The van der Waals surface area contributed by atoms with E-state index in [0.717, 1.165) is 32.2 Å². The molecule has 0 amide bonds. The summed E-state index contributed by atoms with van der Waals surface area (Å²) >= 11 is 0. The highest BCUT2D eigenvalue weighted by atomic mass is 32.2. The van der Waals surface area contributed by atoms with Gasteiger partial charge in [0.1, 0.15) is 4.90 Å². The van der Waals surface area contributed by atoms with Crippen LogP contribution in [-0.4, -0.2) is 53.5 Å². The molecule has 0 bridgehead atoms. The van der Waals surface area contributed by atoms with Crippen molar-refractivity contribution < 1.29 is 13.5 Å². The Morgan fingerprint density at radius 2 is 2.05 bits per heavy atom. The second kappa shape index (κ2) is 7.15. The van der Waals surface area contributed by atoms with E-state index < -0.39 is 10.0 Å². The zero-order valence-electron chi connectivity index (χ0n) is 12.2. The van der Waals surface area contributed by atoms with Crippen LogP contribution in [-0.2, 0) is 10.0 Å². The van der Waals surface area contributed by atoms with Crippen molar-refractivity contribution in [3.05, 3.63) is 12.4 Å². The molecule has 2 rings (SSSR count). The van der Waals surface area contributed by atoms with Gasteiger partial charge < -0.3 is 10.4 Å². The predicted molar refractivity (Wildman–Crippen MR) is 79.4 cm³/mol. The smallest absolute Gasteiger partial charge is 0.246 e. The van der Waals surface area contributed by atoms with Crippen LogP contribution in [0.4, 0.5) is 5.95 Å². The standard InChI is InChI=1S/C13H22N4O3S/c1-2-6-14-13-15-9-12(10-16-13)21(19,20)17(7-8-18)11-4-3-5-11/h9-11,18H,2-8H2,1H3,(H,14,15,16). The van der Waals surface area contributed by atoms with E-state index in [-0.39, 0.29) is 24.1 Å². The monoisotopic (exact) mass is 314 g/mol. The van der Waals surface area contributed by atoms with Gasteiger partial charge in [0.05, 0.1) is 19.0 Å². The summed E-state index contributed by atoms with van der Waals surface area (Å²) in [6, 6.07) is -0.0138. The lowest BCUT2D eigenvalue weighted by molar-refractivity contribution is 0.178. The summed E-state index contributed by atoms with van der Waals surface area (Å²) in [5, 5.41) is 12.1. The van der Waals surface area contributed by atoms with Crippen LogP contribution in [0.15, 0.2) is 17.3 Å². The van der Waals surface area contributed by atoms with Crippen molar-refractivity contribution in [2.45, 2.75) is 43.5 Å². The van der Waals surface area contributed by atoms with Gasteiger partial charge in [0.15, 0.2) is 0 Å². The Bertz CT molecular complexity index is 543. The van der Waals surface area contributed by atoms with Crippen LogP contribution in [0.3, 0.4) is 0 Å². The van der Waals surface area contributed by atoms with Crippen molar-refractivity contribution in [1.29, 1.82) is 0 Å². The lowest BCUT2D eigenvalue weighted by atomic mass is 9.93. The molecule has 8 heteroatoms. The number of aliphatic hydroxyl groups excluding tert-OH is 1. The van der Waals surface area contributed by atoms with Crippen LogP contribution in [0, 0.1) is 0 Å². The van der Waals surface area contributed by atoms with Crippen LogP contribution < -0.4 is 5.32 Å². The number of nitrogens with one attached hydrogen (secondary N) is 1. The molecule has 118 valence electrons. The van der Waals surface area contributed by atoms with Crippen molar-refractivity contribution in [2.24, 2.45) is 0 Å². The van der Waals surface area contributed by atoms with Crippen molar-refractivity contribution in [3.63, 3.8) is 0 Å². The van der Waals surface area contributed by atoms with Gasteiger partial charge in [0.2, 0.25) is 16.0 Å². The van der Waals surface area contributed by atoms with Crippen LogP contribution in [0.25, 0.3) is 0 Å². The second-order valence-corrected chi connectivity index (χ2v) is 6.98. The van der Waals surface area contributed by atoms with Crippen molar-refractivity contribution in [2.75, 3.05) is 25.0 Å². The second-order valence-electron chi connectivity index (χ2n) is 5.09. The molecule has 1 aliphatic rings. The fourth-order valence-electron chi connectivity index (χ4n) is 2.19. The molecule has 0 aromatic carbocycles. The van der Waals surface area contributed by atoms with Crippen molar-refractivity contribution in [1.82, 2.24) is 14.3 Å². The van der Waals surface area contributed by atoms with Gasteiger partial charge in [-0.05, 0) is 19.3 Å². The topological polar surface area (TPSA) is 95.4 Å². The van der Waals surface area contributed by atoms with E-state index in [4.69, 9.17) is 5.11 Å². The maximum atomic E-state index is 12.6. The minimum atomic E-state index is -3.64. The summed E-state index contributed by atoms with van der Waals surface area (Å²) in [5.41, 5.74) is 0. The third-order valence-electron chi connectivity index (χ3n) is 3.57. The van der Waals surface area contributed by atoms with E-state index in [1.165, 1.54) is 16.7 Å². The zero-order chi connectivity index (χ0) is 15.3. The molecule has 1 aromatic rings. The first-order valence-corrected chi connectivity index (χ1v) is 8.72. The number of sulfonamides is 1. The summed E-state index contributed by atoms with van der Waals surface area (Å²) in [5.74, 6) is 0.424. The van der Waals surface area contributed by atoms with Crippen LogP contribution in [0.1, 0.15) is 32.6 Å². The average Bonchev–Trinajstić information content (AvgIpc) is 2.43. The third kappa shape index (κ3) is 3.69. The van der Waals surface area contributed by atoms with Gasteiger partial charge in [-0.25, -0.2) is 18.4 Å². The van der Waals surface area contributed by atoms with Crippen LogP contribution >= 0.6 is 0 Å². The van der Waals surface area contributed by atoms with Gasteiger partial charge in [-0.1, -0.05) is 13.3 Å². The molecule has 1 aliphatic carbocycles. The Kier molecular flexibility index (Phi) is 5.49. The average molecular weight is 314 g/mol. The molecule has 0 saturated heterocycles. The van der Waals surface area contributed by atoms with Gasteiger partial charge in [-0.2, -0.15) is 4.31 Å². The van der Waals surface area contributed by atoms with E-state index >= 15 is 0 Å². The first kappa shape index (κ1) is 16.1. The zero-order valence-corrected chi connectivity index (χ0v) is 13.0. The lowest BCUT2D eigenvalue weighted by Crippen LogP contribution is -2.45. The minimum Gasteiger partial charge on any atom is -0.395 e. The Labute approximate surface area is 125 Å². The molecular formula is C13H22N4O3S. The molecule has 0 aliphatic heterocycles.